The van der Waals surface area contributed by atoms with Gasteiger partial charge in [-0.05, 0) is 82.4 Å². The molecule has 0 aromatic heterocycles. The van der Waals surface area contributed by atoms with Gasteiger partial charge in [0.15, 0.2) is 17.3 Å². The van der Waals surface area contributed by atoms with Crippen LogP contribution in [0.3, 0.4) is 0 Å². The van der Waals surface area contributed by atoms with Crippen molar-refractivity contribution in [1.82, 2.24) is 9.80 Å². The van der Waals surface area contributed by atoms with Crippen LogP contribution in [0.5, 0.6) is 17.2 Å². The molecule has 1 saturated heterocycles. The molecule has 0 saturated carbocycles. The monoisotopic (exact) mass is 482 g/mol. The Bertz CT molecular complexity index is 1100. The highest BCUT2D eigenvalue weighted by atomic mass is 16.5. The Morgan fingerprint density at radius 2 is 1.77 bits per heavy atom. The van der Waals surface area contributed by atoms with Gasteiger partial charge in [0, 0.05) is 12.1 Å². The molecule has 35 heavy (non-hydrogen) atoms. The van der Waals surface area contributed by atoms with Crippen molar-refractivity contribution in [2.75, 3.05) is 48.0 Å². The molecule has 1 aliphatic rings. The molecule has 8 heteroatoms. The summed E-state index contributed by atoms with van der Waals surface area (Å²) in [7, 11) is 6.98. The van der Waals surface area contributed by atoms with Gasteiger partial charge in [0.2, 0.25) is 5.78 Å². The number of ether oxygens (including phenoxy) is 3. The summed E-state index contributed by atoms with van der Waals surface area (Å²) in [6.45, 7) is 5.23. The van der Waals surface area contributed by atoms with Gasteiger partial charge in [-0.15, -0.1) is 0 Å². The number of amides is 1. The summed E-state index contributed by atoms with van der Waals surface area (Å²) < 4.78 is 16.4. The number of carbonyl (C=O) groups excluding carboxylic acids is 3. The third-order valence-electron chi connectivity index (χ3n) is 6.22. The smallest absolute Gasteiger partial charge is 0.291 e. The van der Waals surface area contributed by atoms with Crippen LogP contribution in [-0.2, 0) is 9.59 Å². The molecule has 1 amide bonds. The fourth-order valence-corrected chi connectivity index (χ4v) is 4.51. The predicted octanol–water partition coefficient (Wildman–Crippen LogP) is 3.31. The molecule has 3 rings (SSSR count). The lowest BCUT2D eigenvalue weighted by Gasteiger charge is -2.28. The molecule has 188 valence electrons. The molecule has 1 heterocycles. The lowest BCUT2D eigenvalue weighted by atomic mass is 9.85. The molecule has 0 N–H and O–H groups in total. The lowest BCUT2D eigenvalue weighted by molar-refractivity contribution is -0.140. The van der Waals surface area contributed by atoms with Gasteiger partial charge in [-0.1, -0.05) is 6.07 Å². The molecule has 2 atom stereocenters. The standard InChI is InChI=1S/C27H34N2O6/c1-7-35-21-12-9-18(16-22(21)34-6)24-23(25(30)20-11-10-19(33-5)15-17(20)2)26(31)27(32)29(24)14-8-13-28(3)4/h9-12,15-16,23-24H,7-8,13-14H2,1-6H3. The SMILES string of the molecule is CCOc1ccc(C2C(C(=O)c3ccc(OC)cc3C)C(=O)C(=O)N2CCCN(C)C)cc1OC. The highest BCUT2D eigenvalue weighted by Gasteiger charge is 2.51. The zero-order valence-electron chi connectivity index (χ0n) is 21.3. The second kappa shape index (κ2) is 11.4. The number of Topliss-reactive ketones (excluding diaryl/α,β-unsaturated/α-hetero) is 2. The minimum atomic E-state index is -1.16. The number of aryl methyl sites for hydroxylation is 1. The van der Waals surface area contributed by atoms with Crippen LogP contribution < -0.4 is 14.2 Å². The topological polar surface area (TPSA) is 85.4 Å². The third-order valence-corrected chi connectivity index (χ3v) is 6.22. The van der Waals surface area contributed by atoms with E-state index in [1.165, 1.54) is 12.0 Å². The number of carbonyl (C=O) groups is 3. The summed E-state index contributed by atoms with van der Waals surface area (Å²) in [5, 5.41) is 0. The molecule has 0 spiro atoms. The molecule has 0 radical (unpaired) electrons. The number of benzene rings is 2. The largest absolute Gasteiger partial charge is 0.497 e. The number of nitrogens with zero attached hydrogens (tertiary/aromatic N) is 2. The fraction of sp³-hybridized carbons (Fsp3) is 0.444. The Balaban J connectivity index is 2.07. The van der Waals surface area contributed by atoms with Crippen molar-refractivity contribution in [2.45, 2.75) is 26.3 Å². The minimum Gasteiger partial charge on any atom is -0.497 e. The van der Waals surface area contributed by atoms with Gasteiger partial charge >= 0.3 is 0 Å². The van der Waals surface area contributed by atoms with Crippen molar-refractivity contribution in [1.29, 1.82) is 0 Å². The first-order chi connectivity index (χ1) is 16.7. The first-order valence-corrected chi connectivity index (χ1v) is 11.7. The normalized spacial score (nSPS) is 17.7. The van der Waals surface area contributed by atoms with Crippen LogP contribution in [0.1, 0.15) is 40.9 Å². The van der Waals surface area contributed by atoms with Crippen molar-refractivity contribution in [3.05, 3.63) is 53.1 Å². The van der Waals surface area contributed by atoms with E-state index in [2.05, 4.69) is 0 Å². The summed E-state index contributed by atoms with van der Waals surface area (Å²) in [5.74, 6) is -1.20. The van der Waals surface area contributed by atoms with E-state index >= 15 is 0 Å². The van der Waals surface area contributed by atoms with E-state index in [4.69, 9.17) is 14.2 Å². The first kappa shape index (κ1) is 26.2. The first-order valence-electron chi connectivity index (χ1n) is 11.7. The Labute approximate surface area is 206 Å². The molecule has 1 fully saturated rings. The van der Waals surface area contributed by atoms with E-state index in [1.54, 1.807) is 50.4 Å². The molecule has 8 nitrogen and oxygen atoms in total. The number of hydrogen-bond acceptors (Lipinski definition) is 7. The van der Waals surface area contributed by atoms with Gasteiger partial charge < -0.3 is 24.0 Å². The summed E-state index contributed by atoms with van der Waals surface area (Å²) >= 11 is 0. The molecule has 1 aliphatic heterocycles. The maximum atomic E-state index is 13.8. The van der Waals surface area contributed by atoms with Crippen molar-refractivity contribution in [2.24, 2.45) is 5.92 Å². The molecule has 0 bridgehead atoms. The van der Waals surface area contributed by atoms with Crippen LogP contribution in [0.4, 0.5) is 0 Å². The Kier molecular flexibility index (Phi) is 8.51. The van der Waals surface area contributed by atoms with Gasteiger partial charge in [-0.25, -0.2) is 0 Å². The Morgan fingerprint density at radius 1 is 1.03 bits per heavy atom. The zero-order valence-corrected chi connectivity index (χ0v) is 21.3. The highest BCUT2D eigenvalue weighted by Crippen LogP contribution is 2.41. The van der Waals surface area contributed by atoms with Gasteiger partial charge in [0.25, 0.3) is 5.91 Å². The zero-order chi connectivity index (χ0) is 25.7. The van der Waals surface area contributed by atoms with Crippen LogP contribution in [0.15, 0.2) is 36.4 Å². The maximum Gasteiger partial charge on any atom is 0.291 e. The molecular weight excluding hydrogens is 448 g/mol. The minimum absolute atomic E-state index is 0.355. The van der Waals surface area contributed by atoms with Crippen molar-refractivity contribution in [3.63, 3.8) is 0 Å². The molecule has 2 aromatic carbocycles. The van der Waals surface area contributed by atoms with Gasteiger partial charge in [-0.3, -0.25) is 14.4 Å². The average Bonchev–Trinajstić information content (AvgIpc) is 3.08. The molecule has 2 unspecified atom stereocenters. The number of likely N-dealkylation sites (tertiary alicyclic amines) is 1. The number of ketones is 2. The summed E-state index contributed by atoms with van der Waals surface area (Å²) in [5.41, 5.74) is 1.73. The van der Waals surface area contributed by atoms with E-state index < -0.39 is 23.7 Å². The van der Waals surface area contributed by atoms with E-state index in [1.807, 2.05) is 25.9 Å². The van der Waals surface area contributed by atoms with E-state index in [9.17, 15) is 14.4 Å². The fourth-order valence-electron chi connectivity index (χ4n) is 4.51. The average molecular weight is 483 g/mol. The number of methoxy groups -OCH3 is 2. The van der Waals surface area contributed by atoms with Crippen LogP contribution in [0, 0.1) is 12.8 Å². The Morgan fingerprint density at radius 3 is 2.37 bits per heavy atom. The summed E-state index contributed by atoms with van der Waals surface area (Å²) in [6.07, 6.45) is 0.666. The van der Waals surface area contributed by atoms with Crippen molar-refractivity contribution >= 4 is 17.5 Å². The van der Waals surface area contributed by atoms with Gasteiger partial charge in [-0.2, -0.15) is 0 Å². The van der Waals surface area contributed by atoms with Crippen LogP contribution >= 0.6 is 0 Å². The lowest BCUT2D eigenvalue weighted by Crippen LogP contribution is -2.33. The van der Waals surface area contributed by atoms with E-state index in [0.29, 0.717) is 53.5 Å². The number of hydrogen-bond donors (Lipinski definition) is 0. The second-order valence-corrected chi connectivity index (χ2v) is 8.83. The highest BCUT2D eigenvalue weighted by molar-refractivity contribution is 6.44. The number of rotatable bonds is 11. The van der Waals surface area contributed by atoms with Crippen molar-refractivity contribution in [3.8, 4) is 17.2 Å². The third kappa shape index (κ3) is 5.48. The van der Waals surface area contributed by atoms with Gasteiger partial charge in [0.1, 0.15) is 11.7 Å². The molecule has 2 aromatic rings. The summed E-state index contributed by atoms with van der Waals surface area (Å²) in [6, 6.07) is 9.65. The van der Waals surface area contributed by atoms with Crippen LogP contribution in [-0.4, -0.2) is 75.3 Å². The van der Waals surface area contributed by atoms with E-state index in [-0.39, 0.29) is 5.78 Å². The quantitative estimate of drug-likeness (QED) is 0.276. The van der Waals surface area contributed by atoms with Crippen LogP contribution in [0.2, 0.25) is 0 Å². The van der Waals surface area contributed by atoms with Crippen LogP contribution in [0.25, 0.3) is 0 Å². The molecular formula is C27H34N2O6. The molecule has 0 aliphatic carbocycles. The van der Waals surface area contributed by atoms with Gasteiger partial charge in [0.05, 0.1) is 26.9 Å². The predicted molar refractivity (Wildman–Crippen MR) is 132 cm³/mol. The second-order valence-electron chi connectivity index (χ2n) is 8.83. The summed E-state index contributed by atoms with van der Waals surface area (Å²) in [4.78, 5) is 43.7. The maximum absolute atomic E-state index is 13.8. The van der Waals surface area contributed by atoms with E-state index in [0.717, 1.165) is 6.54 Å². The van der Waals surface area contributed by atoms with Crippen molar-refractivity contribution < 1.29 is 28.6 Å². The Hall–Kier alpha value is -3.39.